The zero-order valence-corrected chi connectivity index (χ0v) is 20.5. The second-order valence-electron chi connectivity index (χ2n) is 7.69. The maximum atomic E-state index is 2.42. The Morgan fingerprint density at radius 1 is 0.700 bits per heavy atom. The summed E-state index contributed by atoms with van der Waals surface area (Å²) in [7, 11) is 0.754. The average Bonchev–Trinajstić information content (AvgIpc) is 3.18. The first-order valence-electron chi connectivity index (χ1n) is 9.87. The maximum Gasteiger partial charge on any atom is -1.00 e. The van der Waals surface area contributed by atoms with Crippen LogP contribution < -0.4 is 14.7 Å². The molecule has 0 heterocycles. The van der Waals surface area contributed by atoms with E-state index in [4.69, 9.17) is 0 Å². The molecule has 0 aliphatic heterocycles. The molecule has 2 aliphatic rings. The van der Waals surface area contributed by atoms with Gasteiger partial charge < -0.3 is 9.41 Å². The van der Waals surface area contributed by atoms with Crippen LogP contribution in [0, 0.1) is 0 Å². The summed E-state index contributed by atoms with van der Waals surface area (Å²) in [6, 6.07) is 29.2. The van der Waals surface area contributed by atoms with Crippen molar-refractivity contribution in [2.24, 2.45) is 0 Å². The Bertz CT molecular complexity index is 1100. The Morgan fingerprint density at radius 2 is 1.33 bits per heavy atom. The minimum atomic E-state index is -0.741. The van der Waals surface area contributed by atoms with Crippen molar-refractivity contribution < 1.29 is 32.6 Å². The van der Waals surface area contributed by atoms with Crippen LogP contribution in [0.25, 0.3) is 11.4 Å². The van der Waals surface area contributed by atoms with Crippen LogP contribution in [0.2, 0.25) is 0 Å². The quantitative estimate of drug-likeness (QED) is 0.468. The molecule has 0 amide bonds. The van der Waals surface area contributed by atoms with E-state index in [0.29, 0.717) is 7.25 Å². The zero-order valence-electron chi connectivity index (χ0n) is 17.0. The maximum absolute atomic E-state index is 2.42. The Labute approximate surface area is 190 Å². The van der Waals surface area contributed by atoms with E-state index in [9.17, 15) is 0 Å². The predicted octanol–water partition coefficient (Wildman–Crippen LogP) is 0.725. The number of hydrogen-bond acceptors (Lipinski definition) is 0. The summed E-state index contributed by atoms with van der Waals surface area (Å²) >= 11 is -0.741. The molecule has 5 rings (SSSR count). The summed E-state index contributed by atoms with van der Waals surface area (Å²) in [6.45, 7) is 4.76. The smallest absolute Gasteiger partial charge is 1.00 e. The molecule has 150 valence electrons. The van der Waals surface area contributed by atoms with Crippen molar-refractivity contribution in [1.82, 2.24) is 0 Å². The van der Waals surface area contributed by atoms with Crippen LogP contribution >= 0.6 is 8.58 Å². The van der Waals surface area contributed by atoms with Gasteiger partial charge in [-0.25, -0.2) is 0 Å². The van der Waals surface area contributed by atoms with Gasteiger partial charge in [0.2, 0.25) is 0 Å². The van der Waals surface area contributed by atoms with Crippen LogP contribution in [0.5, 0.6) is 0 Å². The van der Waals surface area contributed by atoms with E-state index in [1.54, 1.807) is 27.6 Å². The normalized spacial score (nSPS) is 18.9. The molecule has 0 saturated heterocycles. The number of halogens is 2. The fourth-order valence-electron chi connectivity index (χ4n) is 4.48. The van der Waals surface area contributed by atoms with Gasteiger partial charge in [0.25, 0.3) is 0 Å². The van der Waals surface area contributed by atoms with E-state index in [1.807, 2.05) is 0 Å². The van der Waals surface area contributed by atoms with Gasteiger partial charge in [0.1, 0.15) is 0 Å². The molecule has 0 saturated carbocycles. The Morgan fingerprint density at radius 3 is 2.10 bits per heavy atom. The van der Waals surface area contributed by atoms with E-state index in [-0.39, 0.29) is 9.41 Å². The van der Waals surface area contributed by atoms with Crippen LogP contribution in [0.3, 0.4) is 0 Å². The molecule has 0 spiro atoms. The zero-order chi connectivity index (χ0) is 19.1. The number of rotatable bonds is 4. The van der Waals surface area contributed by atoms with Crippen molar-refractivity contribution in [2.45, 2.75) is 21.1 Å². The van der Waals surface area contributed by atoms with Crippen LogP contribution in [-0.2, 0) is 23.2 Å². The van der Waals surface area contributed by atoms with E-state index >= 15 is 0 Å². The van der Waals surface area contributed by atoms with E-state index in [0.717, 1.165) is 8.58 Å². The first-order valence-corrected chi connectivity index (χ1v) is 13.7. The molecular weight excluding hydrogens is 472 g/mol. The van der Waals surface area contributed by atoms with Gasteiger partial charge in [0, 0.05) is 0 Å². The monoisotopic (exact) mass is 494 g/mol. The summed E-state index contributed by atoms with van der Waals surface area (Å²) in [6.07, 6.45) is 2.42. The molecule has 3 unspecified atom stereocenters. The summed E-state index contributed by atoms with van der Waals surface area (Å²) in [5.41, 5.74) is 9.37. The third-order valence-corrected chi connectivity index (χ3v) is 12.8. The minimum absolute atomic E-state index is 0. The van der Waals surface area contributed by atoms with E-state index < -0.39 is 23.2 Å². The van der Waals surface area contributed by atoms with Crippen molar-refractivity contribution in [3.63, 3.8) is 0 Å². The van der Waals surface area contributed by atoms with Gasteiger partial charge in [-0.1, -0.05) is 0 Å². The molecule has 0 fully saturated rings. The Balaban J connectivity index is 0.00000128. The summed E-state index contributed by atoms with van der Waals surface area (Å²) in [5.74, 6) is 0. The third-order valence-electron chi connectivity index (χ3n) is 5.89. The van der Waals surface area contributed by atoms with Crippen molar-refractivity contribution >= 4 is 25.3 Å². The van der Waals surface area contributed by atoms with Crippen molar-refractivity contribution in [3.05, 3.63) is 112 Å². The molecule has 3 atom stereocenters. The minimum Gasteiger partial charge on any atom is -1.00 e. The first-order chi connectivity index (χ1) is 13.7. The molecular formula is C26H23F2PZr. The number of allylic oxidation sites excluding steroid dienone is 2. The van der Waals surface area contributed by atoms with Gasteiger partial charge in [-0.05, 0) is 0 Å². The van der Waals surface area contributed by atoms with Crippen LogP contribution in [-0.4, -0.2) is 0 Å². The molecule has 0 nitrogen and oxygen atoms in total. The van der Waals surface area contributed by atoms with Crippen LogP contribution in [0.1, 0.15) is 43.4 Å². The second-order valence-corrected chi connectivity index (χ2v) is 12.7. The molecule has 4 heteroatoms. The predicted molar refractivity (Wildman–Crippen MR) is 119 cm³/mol. The van der Waals surface area contributed by atoms with Crippen LogP contribution in [0.4, 0.5) is 0 Å². The second kappa shape index (κ2) is 9.63. The molecule has 0 N–H and O–H groups in total. The summed E-state index contributed by atoms with van der Waals surface area (Å²) < 4.78 is 1.39. The van der Waals surface area contributed by atoms with Gasteiger partial charge in [0.15, 0.2) is 0 Å². The average molecular weight is 496 g/mol. The molecule has 3 aromatic carbocycles. The fraction of sp³-hybridized carbons (Fsp3) is 0.154. The van der Waals surface area contributed by atoms with Crippen molar-refractivity contribution in [3.8, 4) is 0 Å². The van der Waals surface area contributed by atoms with Gasteiger partial charge in [0.05, 0.1) is 0 Å². The van der Waals surface area contributed by atoms with Crippen molar-refractivity contribution in [1.29, 1.82) is 0 Å². The Hall–Kier alpha value is -1.69. The number of benzene rings is 3. The van der Waals surface area contributed by atoms with Crippen molar-refractivity contribution in [2.75, 3.05) is 0 Å². The van der Waals surface area contributed by atoms with E-state index in [2.05, 4.69) is 98.8 Å². The van der Waals surface area contributed by atoms with Gasteiger partial charge >= 0.3 is 182 Å². The fourth-order valence-corrected chi connectivity index (χ4v) is 11.0. The molecule has 3 aromatic rings. The topological polar surface area (TPSA) is 0 Å². The van der Waals surface area contributed by atoms with Gasteiger partial charge in [-0.3, -0.25) is 0 Å². The SMILES string of the molecule is CC1=Cc2ccccc2[CH]1[Zr+2][CH]1C(C)=C(Pc2ccccc2)c2ccccc21.[F-].[F-]. The van der Waals surface area contributed by atoms with Crippen LogP contribution in [0.15, 0.2) is 90.0 Å². The molecule has 0 radical (unpaired) electrons. The molecule has 0 aromatic heterocycles. The first kappa shape index (κ1) is 23.0. The summed E-state index contributed by atoms with van der Waals surface area (Å²) in [5, 5.41) is 3.04. The number of fused-ring (bicyclic) bond motifs is 2. The van der Waals surface area contributed by atoms with E-state index in [1.165, 1.54) is 16.4 Å². The van der Waals surface area contributed by atoms with Gasteiger partial charge in [-0.2, -0.15) is 0 Å². The molecule has 30 heavy (non-hydrogen) atoms. The summed E-state index contributed by atoms with van der Waals surface area (Å²) in [4.78, 5) is 0. The Kier molecular flexibility index (Phi) is 7.38. The standard InChI is InChI=1S/C16H14P.C10H9.2FH.Zr/c1-12-11-13-7-5-6-10-15(13)16(12)17-14-8-3-2-4-9-14;1-8-6-9-4-2-3-5-10(9)7-8;;;/h2-11,17H,1H3;2-7H,1H3;2*1H;/q;;;;+2/p-2. The molecule has 2 aliphatic carbocycles. The third kappa shape index (κ3) is 4.08. The largest absolute Gasteiger partial charge is 1.00 e. The van der Waals surface area contributed by atoms with Gasteiger partial charge in [-0.15, -0.1) is 0 Å². The number of hydrogen-bond donors (Lipinski definition) is 0. The molecule has 0 bridgehead atoms.